The van der Waals surface area contributed by atoms with Crippen molar-refractivity contribution in [1.82, 2.24) is 5.32 Å². The van der Waals surface area contributed by atoms with Crippen LogP contribution in [0.3, 0.4) is 0 Å². The molecule has 0 aliphatic heterocycles. The fourth-order valence-corrected chi connectivity index (χ4v) is 3.26. The molecule has 0 unspecified atom stereocenters. The molecule has 3 nitrogen and oxygen atoms in total. The maximum absolute atomic E-state index is 11.5. The predicted molar refractivity (Wildman–Crippen MR) is 74.8 cm³/mol. The van der Waals surface area contributed by atoms with Crippen LogP contribution in [-0.4, -0.2) is 32.5 Å². The van der Waals surface area contributed by atoms with Gasteiger partial charge in [-0.2, -0.15) is 0 Å². The second kappa shape index (κ2) is 6.73. The number of halogens is 1. The van der Waals surface area contributed by atoms with Gasteiger partial charge < -0.3 is 5.32 Å². The lowest BCUT2D eigenvalue weighted by Gasteiger charge is -2.08. The number of hydrogen-bond acceptors (Lipinski definition) is 4. The fraction of sp³-hybridized carbons (Fsp3) is 0.636. The molecular weight excluding hydrogens is 278 g/mol. The van der Waals surface area contributed by atoms with Crippen molar-refractivity contribution in [2.75, 3.05) is 18.8 Å². The van der Waals surface area contributed by atoms with Gasteiger partial charge in [-0.3, -0.25) is 0 Å². The molecule has 1 rings (SSSR count). The quantitative estimate of drug-likeness (QED) is 0.786. The van der Waals surface area contributed by atoms with Crippen molar-refractivity contribution >= 4 is 32.8 Å². The number of thiophene rings is 1. The fourth-order valence-electron chi connectivity index (χ4n) is 1.27. The molecule has 1 aromatic rings. The maximum Gasteiger partial charge on any atom is 0.153 e. The molecule has 0 aromatic carbocycles. The molecule has 0 spiro atoms. The Balaban J connectivity index is 2.17. The molecule has 1 N–H and O–H groups in total. The van der Waals surface area contributed by atoms with Gasteiger partial charge in [0.25, 0.3) is 0 Å². The van der Waals surface area contributed by atoms with Crippen molar-refractivity contribution in [2.24, 2.45) is 0 Å². The van der Waals surface area contributed by atoms with Gasteiger partial charge in [-0.1, -0.05) is 11.6 Å². The summed E-state index contributed by atoms with van der Waals surface area (Å²) in [6, 6.07) is 3.88. The van der Waals surface area contributed by atoms with E-state index in [0.29, 0.717) is 6.54 Å². The van der Waals surface area contributed by atoms with Crippen LogP contribution in [0.25, 0.3) is 0 Å². The van der Waals surface area contributed by atoms with E-state index in [4.69, 9.17) is 11.6 Å². The first-order valence-corrected chi connectivity index (χ1v) is 8.49. The summed E-state index contributed by atoms with van der Waals surface area (Å²) in [6.45, 7) is 4.72. The molecule has 98 valence electrons. The Labute approximate surface area is 112 Å². The molecule has 0 atom stereocenters. The molecule has 0 saturated carbocycles. The monoisotopic (exact) mass is 295 g/mol. The van der Waals surface area contributed by atoms with E-state index in [1.165, 1.54) is 4.88 Å². The van der Waals surface area contributed by atoms with E-state index < -0.39 is 9.84 Å². The van der Waals surface area contributed by atoms with Gasteiger partial charge in [0.1, 0.15) is 0 Å². The first-order valence-electron chi connectivity index (χ1n) is 5.58. The summed E-state index contributed by atoms with van der Waals surface area (Å²) in [6.07, 6.45) is 0.888. The summed E-state index contributed by atoms with van der Waals surface area (Å²) < 4.78 is 23.8. The lowest BCUT2D eigenvalue weighted by Crippen LogP contribution is -2.28. The highest BCUT2D eigenvalue weighted by atomic mass is 35.5. The highest BCUT2D eigenvalue weighted by Gasteiger charge is 2.14. The van der Waals surface area contributed by atoms with Crippen LogP contribution < -0.4 is 5.32 Å². The molecule has 0 aliphatic carbocycles. The van der Waals surface area contributed by atoms with E-state index in [1.807, 2.05) is 12.1 Å². The zero-order valence-corrected chi connectivity index (χ0v) is 12.5. The van der Waals surface area contributed by atoms with Gasteiger partial charge in [0.2, 0.25) is 0 Å². The van der Waals surface area contributed by atoms with Crippen molar-refractivity contribution in [3.63, 3.8) is 0 Å². The Kier molecular flexibility index (Phi) is 5.92. The third-order valence-corrected chi connectivity index (χ3v) is 5.96. The number of nitrogens with one attached hydrogen (secondary N) is 1. The molecule has 0 amide bonds. The van der Waals surface area contributed by atoms with Gasteiger partial charge in [0, 0.05) is 11.4 Å². The van der Waals surface area contributed by atoms with E-state index in [1.54, 1.807) is 25.2 Å². The summed E-state index contributed by atoms with van der Waals surface area (Å²) in [5.41, 5.74) is 0. The average molecular weight is 296 g/mol. The highest BCUT2D eigenvalue weighted by Crippen LogP contribution is 2.21. The van der Waals surface area contributed by atoms with Crippen LogP contribution in [0.15, 0.2) is 12.1 Å². The Morgan fingerprint density at radius 1 is 1.35 bits per heavy atom. The topological polar surface area (TPSA) is 46.2 Å². The van der Waals surface area contributed by atoms with Crippen LogP contribution in [0.5, 0.6) is 0 Å². The minimum atomic E-state index is -2.92. The normalized spacial score (nSPS) is 12.2. The molecule has 6 heteroatoms. The molecule has 0 bridgehead atoms. The van der Waals surface area contributed by atoms with Crippen molar-refractivity contribution in [3.05, 3.63) is 21.3 Å². The van der Waals surface area contributed by atoms with Crippen molar-refractivity contribution in [2.45, 2.75) is 25.5 Å². The minimum absolute atomic E-state index is 0.204. The molecule has 17 heavy (non-hydrogen) atoms. The molecule has 0 aliphatic rings. The van der Waals surface area contributed by atoms with Gasteiger partial charge in [0.15, 0.2) is 9.84 Å². The summed E-state index contributed by atoms with van der Waals surface area (Å²) in [5, 5.41) is 2.85. The van der Waals surface area contributed by atoms with E-state index >= 15 is 0 Å². The Bertz CT molecular complexity index is 440. The second-order valence-corrected chi connectivity index (χ2v) is 8.60. The van der Waals surface area contributed by atoms with Crippen molar-refractivity contribution in [1.29, 1.82) is 0 Å². The molecule has 1 aromatic heterocycles. The Morgan fingerprint density at radius 2 is 2.06 bits per heavy atom. The van der Waals surface area contributed by atoms with Crippen LogP contribution in [0.1, 0.15) is 18.7 Å². The van der Waals surface area contributed by atoms with Gasteiger partial charge >= 0.3 is 0 Å². The van der Waals surface area contributed by atoms with E-state index in [-0.39, 0.29) is 11.0 Å². The zero-order chi connectivity index (χ0) is 12.9. The first-order chi connectivity index (χ1) is 7.92. The average Bonchev–Trinajstić information content (AvgIpc) is 2.63. The first kappa shape index (κ1) is 15.0. The van der Waals surface area contributed by atoms with Gasteiger partial charge in [-0.05, 0) is 38.9 Å². The molecule has 0 radical (unpaired) electrons. The zero-order valence-electron chi connectivity index (χ0n) is 10.1. The second-order valence-electron chi connectivity index (χ2n) is 4.12. The molecule has 0 saturated heterocycles. The number of hydrogen-bond donors (Lipinski definition) is 1. The third-order valence-electron chi connectivity index (χ3n) is 2.46. The largest absolute Gasteiger partial charge is 0.315 e. The number of rotatable bonds is 7. The van der Waals surface area contributed by atoms with Crippen molar-refractivity contribution in [3.8, 4) is 0 Å². The molecular formula is C11H18ClNO2S2. The molecule has 1 heterocycles. The highest BCUT2D eigenvalue weighted by molar-refractivity contribution is 7.92. The van der Waals surface area contributed by atoms with Gasteiger partial charge in [0.05, 0.1) is 15.3 Å². The van der Waals surface area contributed by atoms with Crippen LogP contribution in [0.2, 0.25) is 4.34 Å². The molecule has 0 fully saturated rings. The number of sulfone groups is 1. The summed E-state index contributed by atoms with van der Waals surface area (Å²) in [4.78, 5) is 1.22. The Morgan fingerprint density at radius 3 is 2.59 bits per heavy atom. The smallest absolute Gasteiger partial charge is 0.153 e. The third kappa shape index (κ3) is 5.38. The predicted octanol–water partition coefficient (Wildman–Crippen LogP) is 2.36. The summed E-state index contributed by atoms with van der Waals surface area (Å²) in [7, 11) is -2.92. The van der Waals surface area contributed by atoms with Crippen LogP contribution in [0.4, 0.5) is 0 Å². The SMILES string of the molecule is CC(C)S(=O)(=O)CCNCCc1ccc(Cl)s1. The van der Waals surface area contributed by atoms with Crippen LogP contribution in [-0.2, 0) is 16.3 Å². The van der Waals surface area contributed by atoms with Crippen LogP contribution in [0, 0.1) is 0 Å². The lowest BCUT2D eigenvalue weighted by molar-refractivity contribution is 0.582. The Hall–Kier alpha value is -0.100. The van der Waals surface area contributed by atoms with E-state index in [9.17, 15) is 8.42 Å². The maximum atomic E-state index is 11.5. The standard InChI is InChI=1S/C11H18ClNO2S2/c1-9(2)17(14,15)8-7-13-6-5-10-3-4-11(12)16-10/h3-4,9,13H,5-8H2,1-2H3. The lowest BCUT2D eigenvalue weighted by atomic mass is 10.3. The van der Waals surface area contributed by atoms with E-state index in [0.717, 1.165) is 17.3 Å². The van der Waals surface area contributed by atoms with Gasteiger partial charge in [-0.15, -0.1) is 11.3 Å². The van der Waals surface area contributed by atoms with Crippen molar-refractivity contribution < 1.29 is 8.42 Å². The minimum Gasteiger partial charge on any atom is -0.315 e. The van der Waals surface area contributed by atoms with Gasteiger partial charge in [-0.25, -0.2) is 8.42 Å². The summed E-state index contributed by atoms with van der Waals surface area (Å²) >= 11 is 7.38. The van der Waals surface area contributed by atoms with Crippen LogP contribution >= 0.6 is 22.9 Å². The summed E-state index contributed by atoms with van der Waals surface area (Å²) in [5.74, 6) is 0.204. The van der Waals surface area contributed by atoms with E-state index in [2.05, 4.69) is 5.32 Å².